The first-order chi connectivity index (χ1) is 7.20. The van der Waals surface area contributed by atoms with Crippen molar-refractivity contribution in [1.82, 2.24) is 0 Å². The van der Waals surface area contributed by atoms with E-state index in [0.717, 1.165) is 6.42 Å². The van der Waals surface area contributed by atoms with Crippen molar-refractivity contribution in [2.75, 3.05) is 13.2 Å². The predicted octanol–water partition coefficient (Wildman–Crippen LogP) is 1.84. The molecule has 0 heterocycles. The summed E-state index contributed by atoms with van der Waals surface area (Å²) < 4.78 is 9.60. The van der Waals surface area contributed by atoms with Crippen molar-refractivity contribution in [2.45, 2.75) is 33.1 Å². The highest BCUT2D eigenvalue weighted by atomic mass is 16.5. The molecule has 0 fully saturated rings. The van der Waals surface area contributed by atoms with Crippen LogP contribution in [0.2, 0.25) is 0 Å². The van der Waals surface area contributed by atoms with E-state index in [1.54, 1.807) is 6.92 Å². The molecule has 86 valence electrons. The van der Waals surface area contributed by atoms with Crippen molar-refractivity contribution in [1.29, 1.82) is 0 Å². The molecule has 0 aromatic rings. The lowest BCUT2D eigenvalue weighted by Gasteiger charge is -1.99. The van der Waals surface area contributed by atoms with Gasteiger partial charge in [0.25, 0.3) is 0 Å². The molecule has 0 aromatic heterocycles. The third-order valence-corrected chi connectivity index (χ3v) is 1.61. The standard InChI is InChI=1S/C11H18O4/c1-3-5-10(12)6-8-14-9-7-11(13)15-4-2/h7,9H,3-6,8H2,1-2H3. The maximum absolute atomic E-state index is 11.0. The second kappa shape index (κ2) is 9.24. The summed E-state index contributed by atoms with van der Waals surface area (Å²) >= 11 is 0. The molecule has 0 aliphatic heterocycles. The third-order valence-electron chi connectivity index (χ3n) is 1.61. The Hall–Kier alpha value is -1.32. The normalized spacial score (nSPS) is 10.3. The quantitative estimate of drug-likeness (QED) is 0.268. The summed E-state index contributed by atoms with van der Waals surface area (Å²) in [5.74, 6) is -0.251. The van der Waals surface area contributed by atoms with Crippen molar-refractivity contribution in [2.24, 2.45) is 0 Å². The Kier molecular flexibility index (Phi) is 8.43. The number of Topliss-reactive ketones (excluding diaryl/α,β-unsaturated/α-hetero) is 1. The summed E-state index contributed by atoms with van der Waals surface area (Å²) in [6.45, 7) is 4.35. The summed E-state index contributed by atoms with van der Waals surface area (Å²) in [5, 5.41) is 0. The van der Waals surface area contributed by atoms with Crippen LogP contribution >= 0.6 is 0 Å². The van der Waals surface area contributed by atoms with E-state index in [0.29, 0.717) is 26.1 Å². The van der Waals surface area contributed by atoms with Crippen LogP contribution in [0.3, 0.4) is 0 Å². The molecule has 0 bridgehead atoms. The molecular formula is C11H18O4. The molecule has 4 heteroatoms. The summed E-state index contributed by atoms with van der Waals surface area (Å²) in [5.41, 5.74) is 0. The van der Waals surface area contributed by atoms with Gasteiger partial charge in [0.1, 0.15) is 5.78 Å². The maximum Gasteiger partial charge on any atom is 0.333 e. The Morgan fingerprint density at radius 3 is 2.53 bits per heavy atom. The van der Waals surface area contributed by atoms with Gasteiger partial charge in [-0.1, -0.05) is 6.92 Å². The first kappa shape index (κ1) is 13.7. The van der Waals surface area contributed by atoms with Crippen molar-refractivity contribution in [3.05, 3.63) is 12.3 Å². The van der Waals surface area contributed by atoms with Crippen molar-refractivity contribution < 1.29 is 19.1 Å². The van der Waals surface area contributed by atoms with Crippen LogP contribution < -0.4 is 0 Å². The summed E-state index contributed by atoms with van der Waals surface area (Å²) in [7, 11) is 0. The van der Waals surface area contributed by atoms with Gasteiger partial charge in [0.05, 0.1) is 25.6 Å². The largest absolute Gasteiger partial charge is 0.500 e. The average molecular weight is 214 g/mol. The zero-order valence-corrected chi connectivity index (χ0v) is 9.32. The molecule has 0 rings (SSSR count). The van der Waals surface area contributed by atoms with Gasteiger partial charge in [0.2, 0.25) is 0 Å². The minimum Gasteiger partial charge on any atom is -0.500 e. The SMILES string of the molecule is CCCC(=O)CCOC=CC(=O)OCC. The second-order valence-electron chi connectivity index (χ2n) is 2.96. The zero-order valence-electron chi connectivity index (χ0n) is 9.32. The van der Waals surface area contributed by atoms with E-state index in [1.807, 2.05) is 6.92 Å². The summed E-state index contributed by atoms with van der Waals surface area (Å²) in [6.07, 6.45) is 4.30. The number of hydrogen-bond donors (Lipinski definition) is 0. The van der Waals surface area contributed by atoms with Crippen LogP contribution in [0.1, 0.15) is 33.1 Å². The third kappa shape index (κ3) is 9.00. The van der Waals surface area contributed by atoms with Crippen molar-refractivity contribution >= 4 is 11.8 Å². The average Bonchev–Trinajstić information content (AvgIpc) is 2.18. The molecular weight excluding hydrogens is 196 g/mol. The molecule has 0 radical (unpaired) electrons. The number of esters is 1. The van der Waals surface area contributed by atoms with Crippen LogP contribution in [-0.4, -0.2) is 25.0 Å². The predicted molar refractivity (Wildman–Crippen MR) is 56.3 cm³/mol. The number of hydrogen-bond acceptors (Lipinski definition) is 4. The van der Waals surface area contributed by atoms with Gasteiger partial charge in [-0.3, -0.25) is 4.79 Å². The van der Waals surface area contributed by atoms with Gasteiger partial charge in [0, 0.05) is 12.8 Å². The van der Waals surface area contributed by atoms with Crippen LogP contribution in [0, 0.1) is 0 Å². The van der Waals surface area contributed by atoms with Gasteiger partial charge in [-0.2, -0.15) is 0 Å². The lowest BCUT2D eigenvalue weighted by molar-refractivity contribution is -0.137. The first-order valence-electron chi connectivity index (χ1n) is 5.17. The van der Waals surface area contributed by atoms with Crippen LogP contribution in [0.25, 0.3) is 0 Å². The minimum absolute atomic E-state index is 0.182. The van der Waals surface area contributed by atoms with Crippen LogP contribution in [0.15, 0.2) is 12.3 Å². The number of carbonyl (C=O) groups is 2. The van der Waals surface area contributed by atoms with Crippen molar-refractivity contribution in [3.8, 4) is 0 Å². The van der Waals surface area contributed by atoms with E-state index < -0.39 is 5.97 Å². The Morgan fingerprint density at radius 1 is 1.20 bits per heavy atom. The molecule has 0 unspecified atom stereocenters. The Morgan fingerprint density at radius 2 is 1.93 bits per heavy atom. The fraction of sp³-hybridized carbons (Fsp3) is 0.636. The van der Waals surface area contributed by atoms with Gasteiger partial charge < -0.3 is 9.47 Å². The monoisotopic (exact) mass is 214 g/mol. The highest BCUT2D eigenvalue weighted by molar-refractivity contribution is 5.81. The van der Waals surface area contributed by atoms with Crippen LogP contribution in [0.4, 0.5) is 0 Å². The lowest BCUT2D eigenvalue weighted by atomic mass is 10.2. The van der Waals surface area contributed by atoms with E-state index in [2.05, 4.69) is 4.74 Å². The Bertz CT molecular complexity index is 221. The Labute approximate surface area is 90.2 Å². The highest BCUT2D eigenvalue weighted by Gasteiger charge is 1.99. The molecule has 0 spiro atoms. The molecule has 15 heavy (non-hydrogen) atoms. The topological polar surface area (TPSA) is 52.6 Å². The lowest BCUT2D eigenvalue weighted by Crippen LogP contribution is -2.02. The van der Waals surface area contributed by atoms with Gasteiger partial charge in [-0.15, -0.1) is 0 Å². The molecule has 0 saturated carbocycles. The number of rotatable bonds is 8. The molecule has 0 atom stereocenters. The molecule has 0 aliphatic rings. The molecule has 0 N–H and O–H groups in total. The minimum atomic E-state index is -0.433. The van der Waals surface area contributed by atoms with E-state index in [9.17, 15) is 9.59 Å². The number of ketones is 1. The van der Waals surface area contributed by atoms with Gasteiger partial charge in [0.15, 0.2) is 0 Å². The second-order valence-corrected chi connectivity index (χ2v) is 2.96. The molecule has 0 aromatic carbocycles. The molecule has 0 aliphatic carbocycles. The number of carbonyl (C=O) groups excluding carboxylic acids is 2. The summed E-state index contributed by atoms with van der Waals surface area (Å²) in [4.78, 5) is 21.8. The fourth-order valence-electron chi connectivity index (χ4n) is 0.939. The number of ether oxygens (including phenoxy) is 2. The fourth-order valence-corrected chi connectivity index (χ4v) is 0.939. The molecule has 0 amide bonds. The van der Waals surface area contributed by atoms with E-state index in [1.165, 1.54) is 12.3 Å². The first-order valence-corrected chi connectivity index (χ1v) is 5.17. The van der Waals surface area contributed by atoms with Crippen LogP contribution in [-0.2, 0) is 19.1 Å². The van der Waals surface area contributed by atoms with Gasteiger partial charge in [-0.05, 0) is 13.3 Å². The van der Waals surface area contributed by atoms with Gasteiger partial charge in [-0.25, -0.2) is 4.79 Å². The van der Waals surface area contributed by atoms with E-state index in [-0.39, 0.29) is 5.78 Å². The van der Waals surface area contributed by atoms with Gasteiger partial charge >= 0.3 is 5.97 Å². The molecule has 0 saturated heterocycles. The maximum atomic E-state index is 11.0. The zero-order chi connectivity index (χ0) is 11.5. The van der Waals surface area contributed by atoms with E-state index >= 15 is 0 Å². The van der Waals surface area contributed by atoms with E-state index in [4.69, 9.17) is 4.74 Å². The molecule has 4 nitrogen and oxygen atoms in total. The van der Waals surface area contributed by atoms with Crippen molar-refractivity contribution in [3.63, 3.8) is 0 Å². The highest BCUT2D eigenvalue weighted by Crippen LogP contribution is 1.95. The Balaban J connectivity index is 3.45. The van der Waals surface area contributed by atoms with Crippen LogP contribution in [0.5, 0.6) is 0 Å². The summed E-state index contributed by atoms with van der Waals surface area (Å²) in [6, 6.07) is 0. The smallest absolute Gasteiger partial charge is 0.333 e.